The molecule has 5 heteroatoms. The first-order valence-electron chi connectivity index (χ1n) is 6.65. The van der Waals surface area contributed by atoms with E-state index in [1.54, 1.807) is 6.20 Å². The summed E-state index contributed by atoms with van der Waals surface area (Å²) in [6.07, 6.45) is 5.60. The quantitative estimate of drug-likeness (QED) is 0.615. The van der Waals surface area contributed by atoms with Gasteiger partial charge < -0.3 is 0 Å². The molecule has 3 N–H and O–H groups in total. The van der Waals surface area contributed by atoms with E-state index >= 15 is 0 Å². The van der Waals surface area contributed by atoms with E-state index in [-0.39, 0.29) is 6.04 Å². The van der Waals surface area contributed by atoms with Crippen molar-refractivity contribution in [2.45, 2.75) is 38.8 Å². The SMILES string of the molecule is CCC(C)n1ccc(CC(NN)c2ccccn2)n1. The fourth-order valence-corrected chi connectivity index (χ4v) is 1.96. The summed E-state index contributed by atoms with van der Waals surface area (Å²) in [5, 5.41) is 4.59. The second-order valence-electron chi connectivity index (χ2n) is 4.72. The van der Waals surface area contributed by atoms with Gasteiger partial charge in [0.25, 0.3) is 0 Å². The van der Waals surface area contributed by atoms with E-state index in [1.807, 2.05) is 35.1 Å². The molecule has 0 amide bonds. The largest absolute Gasteiger partial charge is 0.271 e. The van der Waals surface area contributed by atoms with Crippen molar-refractivity contribution in [3.8, 4) is 0 Å². The van der Waals surface area contributed by atoms with Gasteiger partial charge in [0.2, 0.25) is 0 Å². The van der Waals surface area contributed by atoms with E-state index in [9.17, 15) is 0 Å². The molecule has 2 heterocycles. The highest BCUT2D eigenvalue weighted by molar-refractivity contribution is 5.12. The Bertz CT molecular complexity index is 494. The van der Waals surface area contributed by atoms with Crippen LogP contribution in [0.2, 0.25) is 0 Å². The average molecular weight is 259 g/mol. The van der Waals surface area contributed by atoms with E-state index in [2.05, 4.69) is 29.4 Å². The fourth-order valence-electron chi connectivity index (χ4n) is 1.96. The minimum Gasteiger partial charge on any atom is -0.271 e. The lowest BCUT2D eigenvalue weighted by Crippen LogP contribution is -2.30. The summed E-state index contributed by atoms with van der Waals surface area (Å²) >= 11 is 0. The highest BCUT2D eigenvalue weighted by Gasteiger charge is 2.14. The summed E-state index contributed by atoms with van der Waals surface area (Å²) in [5.41, 5.74) is 4.76. The molecule has 2 aromatic rings. The van der Waals surface area contributed by atoms with Crippen LogP contribution in [0.25, 0.3) is 0 Å². The summed E-state index contributed by atoms with van der Waals surface area (Å²) in [4.78, 5) is 4.33. The molecule has 0 aliphatic rings. The molecule has 0 saturated heterocycles. The number of rotatable bonds is 6. The van der Waals surface area contributed by atoms with Crippen LogP contribution in [0.3, 0.4) is 0 Å². The van der Waals surface area contributed by atoms with Crippen molar-refractivity contribution >= 4 is 0 Å². The third kappa shape index (κ3) is 3.39. The standard InChI is InChI=1S/C14H21N5/c1-3-11(2)19-9-7-12(18-19)10-14(17-15)13-6-4-5-8-16-13/h4-9,11,14,17H,3,10,15H2,1-2H3. The molecule has 2 aromatic heterocycles. The maximum Gasteiger partial charge on any atom is 0.0688 e. The van der Waals surface area contributed by atoms with Gasteiger partial charge in [0.15, 0.2) is 0 Å². The summed E-state index contributed by atoms with van der Waals surface area (Å²) in [6.45, 7) is 4.32. The first-order valence-corrected chi connectivity index (χ1v) is 6.65. The predicted molar refractivity (Wildman–Crippen MR) is 75.2 cm³/mol. The Labute approximate surface area is 113 Å². The van der Waals surface area contributed by atoms with E-state index < -0.39 is 0 Å². The molecule has 0 aliphatic carbocycles. The number of nitrogens with two attached hydrogens (primary N) is 1. The number of aromatic nitrogens is 3. The zero-order valence-electron chi connectivity index (χ0n) is 11.5. The van der Waals surface area contributed by atoms with E-state index in [0.717, 1.165) is 24.2 Å². The van der Waals surface area contributed by atoms with Crippen molar-refractivity contribution in [1.82, 2.24) is 20.2 Å². The first-order chi connectivity index (χ1) is 9.24. The number of nitrogens with zero attached hydrogens (tertiary/aromatic N) is 3. The van der Waals surface area contributed by atoms with E-state index in [4.69, 9.17) is 5.84 Å². The summed E-state index contributed by atoms with van der Waals surface area (Å²) in [5.74, 6) is 5.62. The Kier molecular flexibility index (Phi) is 4.65. The molecular weight excluding hydrogens is 238 g/mol. The van der Waals surface area contributed by atoms with Crippen molar-refractivity contribution < 1.29 is 0 Å². The molecular formula is C14H21N5. The van der Waals surface area contributed by atoms with Crippen molar-refractivity contribution in [1.29, 1.82) is 0 Å². The third-order valence-corrected chi connectivity index (χ3v) is 3.37. The van der Waals surface area contributed by atoms with Gasteiger partial charge in [0.1, 0.15) is 0 Å². The Morgan fingerprint density at radius 2 is 2.21 bits per heavy atom. The van der Waals surface area contributed by atoms with Gasteiger partial charge in [-0.3, -0.25) is 20.9 Å². The van der Waals surface area contributed by atoms with Crippen LogP contribution in [0.5, 0.6) is 0 Å². The number of nitrogens with one attached hydrogen (secondary N) is 1. The third-order valence-electron chi connectivity index (χ3n) is 3.37. The highest BCUT2D eigenvalue weighted by Crippen LogP contribution is 2.16. The number of hydrazine groups is 1. The van der Waals surface area contributed by atoms with Crippen LogP contribution in [0.4, 0.5) is 0 Å². The molecule has 2 rings (SSSR count). The van der Waals surface area contributed by atoms with Crippen LogP contribution in [0, 0.1) is 0 Å². The topological polar surface area (TPSA) is 68.8 Å². The van der Waals surface area contributed by atoms with Crippen molar-refractivity contribution in [2.75, 3.05) is 0 Å². The molecule has 5 nitrogen and oxygen atoms in total. The number of hydrogen-bond acceptors (Lipinski definition) is 4. The minimum absolute atomic E-state index is 0.0125. The lowest BCUT2D eigenvalue weighted by molar-refractivity contribution is 0.465. The maximum atomic E-state index is 5.62. The molecule has 19 heavy (non-hydrogen) atoms. The van der Waals surface area contributed by atoms with Crippen LogP contribution in [0.1, 0.15) is 43.7 Å². The molecule has 0 aliphatic heterocycles. The first kappa shape index (κ1) is 13.7. The van der Waals surface area contributed by atoms with Gasteiger partial charge in [-0.25, -0.2) is 0 Å². The molecule has 0 radical (unpaired) electrons. The molecule has 0 fully saturated rings. The average Bonchev–Trinajstić information content (AvgIpc) is 2.93. The van der Waals surface area contributed by atoms with Gasteiger partial charge in [0, 0.05) is 24.9 Å². The molecule has 0 spiro atoms. The lowest BCUT2D eigenvalue weighted by atomic mass is 10.1. The minimum atomic E-state index is -0.0125. The Hall–Kier alpha value is -1.72. The van der Waals surface area contributed by atoms with Gasteiger partial charge >= 0.3 is 0 Å². The van der Waals surface area contributed by atoms with Gasteiger partial charge in [-0.2, -0.15) is 5.10 Å². The smallest absolute Gasteiger partial charge is 0.0688 e. The van der Waals surface area contributed by atoms with E-state index in [0.29, 0.717) is 6.04 Å². The van der Waals surface area contributed by atoms with Crippen molar-refractivity contribution in [3.05, 3.63) is 48.0 Å². The molecule has 2 atom stereocenters. The molecule has 0 aromatic carbocycles. The Morgan fingerprint density at radius 1 is 1.37 bits per heavy atom. The summed E-state index contributed by atoms with van der Waals surface area (Å²) in [7, 11) is 0. The fraction of sp³-hybridized carbons (Fsp3) is 0.429. The predicted octanol–water partition coefficient (Wildman–Crippen LogP) is 2.00. The molecule has 2 unspecified atom stereocenters. The molecule has 0 saturated carbocycles. The summed E-state index contributed by atoms with van der Waals surface area (Å²) < 4.78 is 2.00. The van der Waals surface area contributed by atoms with Crippen LogP contribution in [-0.4, -0.2) is 14.8 Å². The molecule has 0 bridgehead atoms. The van der Waals surface area contributed by atoms with Crippen LogP contribution < -0.4 is 11.3 Å². The van der Waals surface area contributed by atoms with Gasteiger partial charge in [-0.05, 0) is 31.5 Å². The molecule has 102 valence electrons. The van der Waals surface area contributed by atoms with Crippen LogP contribution in [-0.2, 0) is 6.42 Å². The second kappa shape index (κ2) is 6.45. The van der Waals surface area contributed by atoms with Crippen molar-refractivity contribution in [3.63, 3.8) is 0 Å². The monoisotopic (exact) mass is 259 g/mol. The Balaban J connectivity index is 2.09. The van der Waals surface area contributed by atoms with Gasteiger partial charge in [-0.15, -0.1) is 0 Å². The second-order valence-corrected chi connectivity index (χ2v) is 4.72. The number of pyridine rings is 1. The van der Waals surface area contributed by atoms with E-state index in [1.165, 1.54) is 0 Å². The summed E-state index contributed by atoms with van der Waals surface area (Å²) in [6, 6.07) is 8.28. The number of hydrogen-bond donors (Lipinski definition) is 2. The van der Waals surface area contributed by atoms with Crippen molar-refractivity contribution in [2.24, 2.45) is 5.84 Å². The van der Waals surface area contributed by atoms with Crippen LogP contribution >= 0.6 is 0 Å². The van der Waals surface area contributed by atoms with Gasteiger partial charge in [0.05, 0.1) is 17.4 Å². The van der Waals surface area contributed by atoms with Gasteiger partial charge in [-0.1, -0.05) is 13.0 Å². The normalized spacial score (nSPS) is 14.3. The highest BCUT2D eigenvalue weighted by atomic mass is 15.3. The Morgan fingerprint density at radius 3 is 2.84 bits per heavy atom. The zero-order valence-corrected chi connectivity index (χ0v) is 11.5. The maximum absolute atomic E-state index is 5.62. The lowest BCUT2D eigenvalue weighted by Gasteiger charge is -2.14. The zero-order chi connectivity index (χ0) is 13.7. The van der Waals surface area contributed by atoms with Crippen LogP contribution in [0.15, 0.2) is 36.7 Å².